The van der Waals surface area contributed by atoms with Crippen LogP contribution in [-0.2, 0) is 4.79 Å². The molecular formula is C22H23N3O4. The number of carbonyl (C=O) groups is 2. The number of oxazole rings is 1. The SMILES string of the molecule is O=C(CCCOc1ccccc1)N1CCN(C(=O)c2ccc3ocnc3c2)CC1. The fraction of sp³-hybridized carbons (Fsp3) is 0.318. The Balaban J connectivity index is 1.22. The van der Waals surface area contributed by atoms with Gasteiger partial charge in [-0.2, -0.15) is 0 Å². The molecular weight excluding hydrogens is 370 g/mol. The summed E-state index contributed by atoms with van der Waals surface area (Å²) in [5.41, 5.74) is 1.92. The molecule has 0 saturated carbocycles. The van der Waals surface area contributed by atoms with Crippen LogP contribution in [0.15, 0.2) is 59.3 Å². The van der Waals surface area contributed by atoms with Crippen LogP contribution in [0.25, 0.3) is 11.1 Å². The predicted octanol–water partition coefficient (Wildman–Crippen LogP) is 2.97. The average molecular weight is 393 g/mol. The van der Waals surface area contributed by atoms with Crippen LogP contribution in [0.4, 0.5) is 0 Å². The Morgan fingerprint density at radius 2 is 1.76 bits per heavy atom. The highest BCUT2D eigenvalue weighted by molar-refractivity contribution is 5.97. The lowest BCUT2D eigenvalue weighted by Crippen LogP contribution is -2.50. The lowest BCUT2D eigenvalue weighted by molar-refractivity contribution is -0.132. The Bertz CT molecular complexity index is 978. The number of rotatable bonds is 6. The Kier molecular flexibility index (Phi) is 5.74. The van der Waals surface area contributed by atoms with Gasteiger partial charge in [0, 0.05) is 38.2 Å². The van der Waals surface area contributed by atoms with E-state index in [1.807, 2.05) is 35.2 Å². The summed E-state index contributed by atoms with van der Waals surface area (Å²) in [7, 11) is 0. The van der Waals surface area contributed by atoms with Crippen molar-refractivity contribution in [2.24, 2.45) is 0 Å². The Morgan fingerprint density at radius 1 is 1.00 bits per heavy atom. The third-order valence-electron chi connectivity index (χ3n) is 5.04. The number of piperazine rings is 1. The van der Waals surface area contributed by atoms with Crippen LogP contribution in [-0.4, -0.2) is 59.4 Å². The van der Waals surface area contributed by atoms with E-state index in [1.165, 1.54) is 6.39 Å². The fourth-order valence-electron chi connectivity index (χ4n) is 3.42. The number of nitrogens with zero attached hydrogens (tertiary/aromatic N) is 3. The first-order chi connectivity index (χ1) is 14.2. The number of amides is 2. The molecule has 2 heterocycles. The molecule has 0 radical (unpaired) electrons. The van der Waals surface area contributed by atoms with Gasteiger partial charge in [0.05, 0.1) is 6.61 Å². The van der Waals surface area contributed by atoms with E-state index in [0.29, 0.717) is 62.3 Å². The zero-order chi connectivity index (χ0) is 20.1. The number of fused-ring (bicyclic) bond motifs is 1. The molecule has 3 aromatic rings. The van der Waals surface area contributed by atoms with Crippen LogP contribution in [0.5, 0.6) is 5.75 Å². The first-order valence-corrected chi connectivity index (χ1v) is 9.79. The zero-order valence-electron chi connectivity index (χ0n) is 16.1. The van der Waals surface area contributed by atoms with Crippen molar-refractivity contribution in [2.45, 2.75) is 12.8 Å². The van der Waals surface area contributed by atoms with Crippen molar-refractivity contribution in [1.82, 2.24) is 14.8 Å². The van der Waals surface area contributed by atoms with E-state index >= 15 is 0 Å². The number of ether oxygens (including phenoxy) is 1. The summed E-state index contributed by atoms with van der Waals surface area (Å²) in [6.07, 6.45) is 2.49. The third kappa shape index (κ3) is 4.56. The molecule has 7 heteroatoms. The molecule has 150 valence electrons. The summed E-state index contributed by atoms with van der Waals surface area (Å²) < 4.78 is 10.8. The summed E-state index contributed by atoms with van der Waals surface area (Å²) in [5.74, 6) is 0.881. The lowest BCUT2D eigenvalue weighted by Gasteiger charge is -2.35. The number of para-hydroxylation sites is 1. The Labute approximate surface area is 168 Å². The van der Waals surface area contributed by atoms with E-state index in [1.54, 1.807) is 23.1 Å². The van der Waals surface area contributed by atoms with E-state index in [-0.39, 0.29) is 11.8 Å². The molecule has 2 amide bonds. The molecule has 0 bridgehead atoms. The van der Waals surface area contributed by atoms with Gasteiger partial charge in [-0.1, -0.05) is 18.2 Å². The van der Waals surface area contributed by atoms with Gasteiger partial charge in [0.15, 0.2) is 12.0 Å². The van der Waals surface area contributed by atoms with Gasteiger partial charge in [-0.25, -0.2) is 4.98 Å². The molecule has 0 unspecified atom stereocenters. The molecule has 29 heavy (non-hydrogen) atoms. The highest BCUT2D eigenvalue weighted by Gasteiger charge is 2.25. The molecule has 0 atom stereocenters. The van der Waals surface area contributed by atoms with Crippen LogP contribution in [0.2, 0.25) is 0 Å². The fourth-order valence-corrected chi connectivity index (χ4v) is 3.42. The average Bonchev–Trinajstić information content (AvgIpc) is 3.25. The van der Waals surface area contributed by atoms with Gasteiger partial charge >= 0.3 is 0 Å². The van der Waals surface area contributed by atoms with Crippen LogP contribution >= 0.6 is 0 Å². The van der Waals surface area contributed by atoms with E-state index in [2.05, 4.69) is 4.98 Å². The summed E-state index contributed by atoms with van der Waals surface area (Å²) >= 11 is 0. The lowest BCUT2D eigenvalue weighted by atomic mass is 10.1. The second-order valence-electron chi connectivity index (χ2n) is 6.97. The first kappa shape index (κ1) is 19.0. The monoisotopic (exact) mass is 393 g/mol. The van der Waals surface area contributed by atoms with Crippen LogP contribution in [0.3, 0.4) is 0 Å². The summed E-state index contributed by atoms with van der Waals surface area (Å²) in [6, 6.07) is 14.8. The number of benzene rings is 2. The minimum atomic E-state index is -0.0433. The topological polar surface area (TPSA) is 75.9 Å². The summed E-state index contributed by atoms with van der Waals surface area (Å²) in [6.45, 7) is 2.68. The highest BCUT2D eigenvalue weighted by Crippen LogP contribution is 2.17. The van der Waals surface area contributed by atoms with Crippen LogP contribution in [0, 0.1) is 0 Å². The van der Waals surface area contributed by atoms with Crippen molar-refractivity contribution in [3.63, 3.8) is 0 Å². The molecule has 4 rings (SSSR count). The van der Waals surface area contributed by atoms with Crippen molar-refractivity contribution in [3.8, 4) is 5.75 Å². The van der Waals surface area contributed by atoms with Gasteiger partial charge in [-0.05, 0) is 36.8 Å². The van der Waals surface area contributed by atoms with Gasteiger partial charge in [0.25, 0.3) is 5.91 Å². The molecule has 7 nitrogen and oxygen atoms in total. The largest absolute Gasteiger partial charge is 0.494 e. The van der Waals surface area contributed by atoms with Crippen molar-refractivity contribution in [1.29, 1.82) is 0 Å². The van der Waals surface area contributed by atoms with Crippen molar-refractivity contribution in [3.05, 3.63) is 60.5 Å². The molecule has 0 aliphatic carbocycles. The normalized spacial score (nSPS) is 14.2. The van der Waals surface area contributed by atoms with E-state index in [4.69, 9.17) is 9.15 Å². The van der Waals surface area contributed by atoms with Crippen molar-refractivity contribution in [2.75, 3.05) is 32.8 Å². The number of hydrogen-bond donors (Lipinski definition) is 0. The number of hydrogen-bond acceptors (Lipinski definition) is 5. The van der Waals surface area contributed by atoms with Gasteiger partial charge in [0.2, 0.25) is 5.91 Å². The molecule has 0 N–H and O–H groups in total. The maximum Gasteiger partial charge on any atom is 0.254 e. The van der Waals surface area contributed by atoms with E-state index in [0.717, 1.165) is 5.75 Å². The molecule has 1 aliphatic rings. The summed E-state index contributed by atoms with van der Waals surface area (Å²) in [5, 5.41) is 0. The van der Waals surface area contributed by atoms with Crippen LogP contribution < -0.4 is 4.74 Å². The van der Waals surface area contributed by atoms with Crippen molar-refractivity contribution >= 4 is 22.9 Å². The predicted molar refractivity (Wildman–Crippen MR) is 108 cm³/mol. The quantitative estimate of drug-likeness (QED) is 0.602. The van der Waals surface area contributed by atoms with E-state index < -0.39 is 0 Å². The maximum absolute atomic E-state index is 12.7. The van der Waals surface area contributed by atoms with Gasteiger partial charge in [0.1, 0.15) is 11.3 Å². The van der Waals surface area contributed by atoms with Crippen LogP contribution in [0.1, 0.15) is 23.2 Å². The second kappa shape index (κ2) is 8.77. The highest BCUT2D eigenvalue weighted by atomic mass is 16.5. The summed E-state index contributed by atoms with van der Waals surface area (Å²) in [4.78, 5) is 32.9. The maximum atomic E-state index is 12.7. The number of aromatic nitrogens is 1. The third-order valence-corrected chi connectivity index (χ3v) is 5.04. The molecule has 1 aromatic heterocycles. The number of carbonyl (C=O) groups excluding carboxylic acids is 2. The zero-order valence-corrected chi connectivity index (χ0v) is 16.1. The second-order valence-corrected chi connectivity index (χ2v) is 6.97. The molecule has 2 aromatic carbocycles. The smallest absolute Gasteiger partial charge is 0.254 e. The molecule has 1 aliphatic heterocycles. The van der Waals surface area contributed by atoms with Crippen molar-refractivity contribution < 1.29 is 18.7 Å². The molecule has 1 fully saturated rings. The first-order valence-electron chi connectivity index (χ1n) is 9.79. The van der Waals surface area contributed by atoms with Gasteiger partial charge in [-0.15, -0.1) is 0 Å². The molecule has 1 saturated heterocycles. The standard InChI is InChI=1S/C22H23N3O4/c26-21(7-4-14-28-18-5-2-1-3-6-18)24-10-12-25(13-11-24)22(27)17-8-9-20-19(15-17)23-16-29-20/h1-3,5-6,8-9,15-16H,4,7,10-14H2. The molecule has 0 spiro atoms. The Morgan fingerprint density at radius 3 is 2.55 bits per heavy atom. The Hall–Kier alpha value is -3.35. The van der Waals surface area contributed by atoms with Gasteiger partial charge in [-0.3, -0.25) is 9.59 Å². The minimum absolute atomic E-state index is 0.0433. The van der Waals surface area contributed by atoms with E-state index in [9.17, 15) is 9.59 Å². The van der Waals surface area contributed by atoms with Gasteiger partial charge < -0.3 is 19.0 Å². The minimum Gasteiger partial charge on any atom is -0.494 e.